The molecule has 16 heavy (non-hydrogen) atoms. The van der Waals surface area contributed by atoms with E-state index in [2.05, 4.69) is 25.2 Å². The highest BCUT2D eigenvalue weighted by Crippen LogP contribution is 2.35. The summed E-state index contributed by atoms with van der Waals surface area (Å²) in [6.07, 6.45) is 1.03. The van der Waals surface area contributed by atoms with Crippen LogP contribution in [-0.4, -0.2) is 20.8 Å². The van der Waals surface area contributed by atoms with Crippen molar-refractivity contribution in [1.82, 2.24) is 5.32 Å². The number of hydrogen-bond donors (Lipinski definition) is 1. The molecule has 1 aromatic rings. The molecule has 1 N–H and O–H groups in total. The lowest BCUT2D eigenvalue weighted by molar-refractivity contribution is 0.346. The van der Waals surface area contributed by atoms with Crippen LogP contribution in [0.5, 0.6) is 11.5 Å². The Morgan fingerprint density at radius 1 is 1.19 bits per heavy atom. The molecule has 1 atom stereocenters. The Hall–Kier alpha value is -1.22. The van der Waals surface area contributed by atoms with Gasteiger partial charge in [-0.05, 0) is 19.0 Å². The summed E-state index contributed by atoms with van der Waals surface area (Å²) in [5.74, 6) is 1.62. The van der Waals surface area contributed by atoms with Gasteiger partial charge in [0.1, 0.15) is 0 Å². The van der Waals surface area contributed by atoms with Crippen LogP contribution in [0.1, 0.15) is 31.9 Å². The number of rotatable bonds is 6. The topological polar surface area (TPSA) is 30.5 Å². The lowest BCUT2D eigenvalue weighted by atomic mass is 10.0. The molecule has 1 rings (SSSR count). The smallest absolute Gasteiger partial charge is 0.165 e. The van der Waals surface area contributed by atoms with Gasteiger partial charge in [0.2, 0.25) is 0 Å². The highest BCUT2D eigenvalue weighted by Gasteiger charge is 2.16. The Balaban J connectivity index is 3.09. The fraction of sp³-hybridized carbons (Fsp3) is 0.538. The molecule has 0 saturated carbocycles. The third kappa shape index (κ3) is 2.67. The summed E-state index contributed by atoms with van der Waals surface area (Å²) in [5, 5.41) is 3.44. The van der Waals surface area contributed by atoms with E-state index in [1.54, 1.807) is 14.2 Å². The standard InChI is InChI=1S/C13H21NO2/c1-5-11(14-6-2)10-8-7-9-12(15-3)13(10)16-4/h7-9,11,14H,5-6H2,1-4H3/t11-/m0/s1. The van der Waals surface area contributed by atoms with Crippen LogP contribution >= 0.6 is 0 Å². The normalized spacial score (nSPS) is 12.2. The van der Waals surface area contributed by atoms with Crippen LogP contribution in [0.4, 0.5) is 0 Å². The van der Waals surface area contributed by atoms with Crippen molar-refractivity contribution in [2.75, 3.05) is 20.8 Å². The van der Waals surface area contributed by atoms with Crippen molar-refractivity contribution < 1.29 is 9.47 Å². The predicted octanol–water partition coefficient (Wildman–Crippen LogP) is 2.76. The first kappa shape index (κ1) is 12.8. The van der Waals surface area contributed by atoms with Gasteiger partial charge in [0.25, 0.3) is 0 Å². The van der Waals surface area contributed by atoms with Gasteiger partial charge in [0.15, 0.2) is 11.5 Å². The minimum atomic E-state index is 0.315. The van der Waals surface area contributed by atoms with Gasteiger partial charge in [-0.2, -0.15) is 0 Å². The first-order chi connectivity index (χ1) is 7.78. The molecule has 0 heterocycles. The first-order valence-corrected chi connectivity index (χ1v) is 5.72. The van der Waals surface area contributed by atoms with Crippen molar-refractivity contribution in [3.8, 4) is 11.5 Å². The molecule has 90 valence electrons. The fourth-order valence-corrected chi connectivity index (χ4v) is 1.91. The lowest BCUT2D eigenvalue weighted by Crippen LogP contribution is -2.20. The summed E-state index contributed by atoms with van der Waals surface area (Å²) >= 11 is 0. The number of nitrogens with one attached hydrogen (secondary N) is 1. The second-order valence-corrected chi connectivity index (χ2v) is 3.60. The van der Waals surface area contributed by atoms with Crippen LogP contribution in [0.15, 0.2) is 18.2 Å². The number of benzene rings is 1. The minimum Gasteiger partial charge on any atom is -0.493 e. The number of para-hydroxylation sites is 1. The van der Waals surface area contributed by atoms with Crippen molar-refractivity contribution in [2.24, 2.45) is 0 Å². The van der Waals surface area contributed by atoms with E-state index >= 15 is 0 Å². The van der Waals surface area contributed by atoms with Gasteiger partial charge in [0.05, 0.1) is 14.2 Å². The molecule has 0 aliphatic carbocycles. The zero-order valence-corrected chi connectivity index (χ0v) is 10.5. The van der Waals surface area contributed by atoms with Gasteiger partial charge in [-0.25, -0.2) is 0 Å². The summed E-state index contributed by atoms with van der Waals surface area (Å²) in [6, 6.07) is 6.31. The van der Waals surface area contributed by atoms with E-state index in [4.69, 9.17) is 9.47 Å². The van der Waals surface area contributed by atoms with Gasteiger partial charge in [-0.3, -0.25) is 0 Å². The van der Waals surface area contributed by atoms with Crippen LogP contribution in [0, 0.1) is 0 Å². The van der Waals surface area contributed by atoms with E-state index in [-0.39, 0.29) is 0 Å². The molecule has 0 saturated heterocycles. The molecule has 0 bridgehead atoms. The summed E-state index contributed by atoms with van der Waals surface area (Å²) in [5.41, 5.74) is 1.16. The molecule has 0 aliphatic heterocycles. The fourth-order valence-electron chi connectivity index (χ4n) is 1.91. The van der Waals surface area contributed by atoms with E-state index in [1.807, 2.05) is 12.1 Å². The average molecular weight is 223 g/mol. The molecule has 0 aliphatic rings. The zero-order valence-electron chi connectivity index (χ0n) is 10.5. The molecule has 0 unspecified atom stereocenters. The second kappa shape index (κ2) is 6.38. The van der Waals surface area contributed by atoms with E-state index in [9.17, 15) is 0 Å². The van der Waals surface area contributed by atoms with Gasteiger partial charge in [-0.1, -0.05) is 26.0 Å². The number of hydrogen-bond acceptors (Lipinski definition) is 3. The maximum Gasteiger partial charge on any atom is 0.165 e. The van der Waals surface area contributed by atoms with Gasteiger partial charge in [0, 0.05) is 11.6 Å². The molecule has 3 heteroatoms. The van der Waals surface area contributed by atoms with Crippen LogP contribution in [0.25, 0.3) is 0 Å². The van der Waals surface area contributed by atoms with Crippen molar-refractivity contribution >= 4 is 0 Å². The Bertz CT molecular complexity index is 326. The largest absolute Gasteiger partial charge is 0.493 e. The third-order valence-corrected chi connectivity index (χ3v) is 2.67. The van der Waals surface area contributed by atoms with E-state index < -0.39 is 0 Å². The van der Waals surface area contributed by atoms with Gasteiger partial charge < -0.3 is 14.8 Å². The maximum atomic E-state index is 5.43. The average Bonchev–Trinajstić information content (AvgIpc) is 2.34. The summed E-state index contributed by atoms with van der Waals surface area (Å²) in [6.45, 7) is 5.21. The minimum absolute atomic E-state index is 0.315. The molecule has 0 aromatic heterocycles. The third-order valence-electron chi connectivity index (χ3n) is 2.67. The monoisotopic (exact) mass is 223 g/mol. The van der Waals surface area contributed by atoms with Crippen LogP contribution in [0.2, 0.25) is 0 Å². The van der Waals surface area contributed by atoms with E-state index in [1.165, 1.54) is 0 Å². The van der Waals surface area contributed by atoms with Crippen LogP contribution < -0.4 is 14.8 Å². The quantitative estimate of drug-likeness (QED) is 0.804. The van der Waals surface area contributed by atoms with Crippen molar-refractivity contribution in [3.05, 3.63) is 23.8 Å². The van der Waals surface area contributed by atoms with E-state index in [0.717, 1.165) is 30.0 Å². The Morgan fingerprint density at radius 2 is 1.94 bits per heavy atom. The van der Waals surface area contributed by atoms with Gasteiger partial charge in [-0.15, -0.1) is 0 Å². The lowest BCUT2D eigenvalue weighted by Gasteiger charge is -2.20. The highest BCUT2D eigenvalue weighted by molar-refractivity contribution is 5.48. The maximum absolute atomic E-state index is 5.43. The molecule has 0 radical (unpaired) electrons. The molecular formula is C13H21NO2. The first-order valence-electron chi connectivity index (χ1n) is 5.72. The second-order valence-electron chi connectivity index (χ2n) is 3.60. The van der Waals surface area contributed by atoms with Crippen LogP contribution in [0.3, 0.4) is 0 Å². The Kier molecular flexibility index (Phi) is 5.12. The van der Waals surface area contributed by atoms with Crippen molar-refractivity contribution in [1.29, 1.82) is 0 Å². The summed E-state index contributed by atoms with van der Waals surface area (Å²) in [4.78, 5) is 0. The SMILES string of the molecule is CCN[C@@H](CC)c1cccc(OC)c1OC. The molecule has 0 spiro atoms. The molecule has 0 fully saturated rings. The Morgan fingerprint density at radius 3 is 2.44 bits per heavy atom. The Labute approximate surface area is 97.8 Å². The van der Waals surface area contributed by atoms with Gasteiger partial charge >= 0.3 is 0 Å². The number of methoxy groups -OCH3 is 2. The molecule has 0 amide bonds. The van der Waals surface area contributed by atoms with Crippen molar-refractivity contribution in [2.45, 2.75) is 26.3 Å². The zero-order chi connectivity index (χ0) is 12.0. The highest BCUT2D eigenvalue weighted by atomic mass is 16.5. The van der Waals surface area contributed by atoms with Crippen molar-refractivity contribution in [3.63, 3.8) is 0 Å². The molecule has 1 aromatic carbocycles. The van der Waals surface area contributed by atoms with Crippen LogP contribution in [-0.2, 0) is 0 Å². The predicted molar refractivity (Wildman–Crippen MR) is 66.3 cm³/mol. The number of ether oxygens (including phenoxy) is 2. The summed E-state index contributed by atoms with van der Waals surface area (Å²) in [7, 11) is 3.34. The molecular weight excluding hydrogens is 202 g/mol. The summed E-state index contributed by atoms with van der Waals surface area (Å²) < 4.78 is 10.7. The molecule has 3 nitrogen and oxygen atoms in total. The van der Waals surface area contributed by atoms with E-state index in [0.29, 0.717) is 6.04 Å².